The maximum absolute atomic E-state index is 6.39. The number of hydrogen-bond acceptors (Lipinski definition) is 0. The Morgan fingerprint density at radius 3 is 0.875 bits per heavy atom. The van der Waals surface area contributed by atoms with E-state index in [0.29, 0.717) is 43.4 Å². The van der Waals surface area contributed by atoms with Crippen LogP contribution >= 0.6 is 0 Å². The second-order valence-electron chi connectivity index (χ2n) is 7.97. The van der Waals surface area contributed by atoms with Crippen LogP contribution in [0.25, 0.3) is 43.4 Å². The molecule has 0 aliphatic rings. The highest BCUT2D eigenvalue weighted by atomic mass is 14.7. The standard InChI is InChI=1S/C18HB10N.C3H8/c19-7-1-2(8(20)12(24)11(7)23)4-6-5-3(1)9(21)13(25)15(27)17(5)29-18(6)16(28)14(26)10(4)22;1-3-2/h29H;3H2,1-2H3. The molecule has 1 heterocycles. The lowest BCUT2D eigenvalue weighted by Gasteiger charge is -2.24. The number of benzene rings is 4. The van der Waals surface area contributed by atoms with E-state index in [2.05, 4.69) is 18.8 Å². The van der Waals surface area contributed by atoms with Gasteiger partial charge in [-0.3, -0.25) is 0 Å². The molecule has 0 spiro atoms. The third-order valence-electron chi connectivity index (χ3n) is 5.90. The van der Waals surface area contributed by atoms with Crippen LogP contribution in [0.15, 0.2) is 0 Å². The summed E-state index contributed by atoms with van der Waals surface area (Å²) in [6.45, 7) is 4.25. The van der Waals surface area contributed by atoms with Gasteiger partial charge in [-0.25, -0.2) is 0 Å². The van der Waals surface area contributed by atoms with E-state index < -0.39 is 0 Å². The predicted octanol–water partition coefficient (Wildman–Crippen LogP) is -5.58. The average Bonchev–Trinajstić information content (AvgIpc) is 3.16. The minimum Gasteiger partial charge on any atom is -0.355 e. The van der Waals surface area contributed by atoms with Crippen molar-refractivity contribution >= 4 is 176 Å². The summed E-state index contributed by atoms with van der Waals surface area (Å²) in [6, 6.07) is 0. The summed E-state index contributed by atoms with van der Waals surface area (Å²) >= 11 is 0. The first kappa shape index (κ1) is 23.3. The first-order valence-electron chi connectivity index (χ1n) is 10.1. The molecule has 0 aliphatic heterocycles. The van der Waals surface area contributed by atoms with Crippen molar-refractivity contribution < 1.29 is 0 Å². The zero-order valence-electron chi connectivity index (χ0n) is 18.0. The molecular weight excluding hydrogens is 374 g/mol. The zero-order chi connectivity index (χ0) is 23.8. The SMILES string of the molecule is CCC.[B]c1c([B])c([B])c2c(c1[B])c1c([B])c([B])c([B])c3[nH]c4c([B])c([B])c([B])c2c4c31. The van der Waals surface area contributed by atoms with Crippen molar-refractivity contribution in [3.63, 3.8) is 0 Å². The van der Waals surface area contributed by atoms with Gasteiger partial charge in [0, 0.05) is 21.8 Å². The Hall–Kier alpha value is -1.89. The molecule has 0 aliphatic carbocycles. The summed E-state index contributed by atoms with van der Waals surface area (Å²) < 4.78 is 0. The molecule has 11 heteroatoms. The second-order valence-corrected chi connectivity index (χ2v) is 7.97. The molecule has 1 nitrogen and oxygen atoms in total. The van der Waals surface area contributed by atoms with Gasteiger partial charge in [-0.2, -0.15) is 0 Å². The van der Waals surface area contributed by atoms with Gasteiger partial charge in [0.2, 0.25) is 0 Å². The van der Waals surface area contributed by atoms with Gasteiger partial charge in [-0.15, -0.1) is 21.9 Å². The van der Waals surface area contributed by atoms with Crippen LogP contribution in [0.4, 0.5) is 0 Å². The monoisotopic (exact) mass is 385 g/mol. The summed E-state index contributed by atoms with van der Waals surface area (Å²) in [6.07, 6.45) is 1.25. The van der Waals surface area contributed by atoms with E-state index in [1.54, 1.807) is 0 Å². The first-order chi connectivity index (χ1) is 15.0. The molecule has 0 amide bonds. The van der Waals surface area contributed by atoms with Crippen LogP contribution in [-0.2, 0) is 0 Å². The van der Waals surface area contributed by atoms with Gasteiger partial charge in [-0.1, -0.05) is 53.0 Å². The largest absolute Gasteiger partial charge is 0.355 e. The molecule has 0 fully saturated rings. The quantitative estimate of drug-likeness (QED) is 0.203. The predicted molar refractivity (Wildman–Crippen MR) is 152 cm³/mol. The molecular formula is C21H9B10N. The van der Waals surface area contributed by atoms with Crippen LogP contribution in [0.3, 0.4) is 0 Å². The highest BCUT2D eigenvalue weighted by molar-refractivity contribution is 6.74. The van der Waals surface area contributed by atoms with E-state index in [1.165, 1.54) is 6.42 Å². The Morgan fingerprint density at radius 1 is 0.375 bits per heavy atom. The third-order valence-corrected chi connectivity index (χ3v) is 5.90. The van der Waals surface area contributed by atoms with Crippen molar-refractivity contribution in [3.8, 4) is 0 Å². The van der Waals surface area contributed by atoms with Crippen LogP contribution in [0.5, 0.6) is 0 Å². The zero-order valence-corrected chi connectivity index (χ0v) is 18.0. The number of nitrogens with one attached hydrogen (secondary N) is 1. The topological polar surface area (TPSA) is 15.8 Å². The van der Waals surface area contributed by atoms with Crippen LogP contribution in [-0.4, -0.2) is 83.4 Å². The Bertz CT molecular complexity index is 1450. The van der Waals surface area contributed by atoms with Gasteiger partial charge >= 0.3 is 0 Å². The number of aromatic nitrogens is 1. The van der Waals surface area contributed by atoms with E-state index in [4.69, 9.17) is 78.5 Å². The van der Waals surface area contributed by atoms with E-state index in [1.807, 2.05) is 0 Å². The minimum atomic E-state index is 0.140. The van der Waals surface area contributed by atoms with Crippen molar-refractivity contribution in [2.24, 2.45) is 0 Å². The van der Waals surface area contributed by atoms with E-state index in [0.717, 1.165) is 0 Å². The van der Waals surface area contributed by atoms with Crippen molar-refractivity contribution in [2.75, 3.05) is 0 Å². The molecule has 0 atom stereocenters. The summed E-state index contributed by atoms with van der Waals surface area (Å²) in [5, 5.41) is 3.38. The molecule has 0 saturated heterocycles. The lowest BCUT2D eigenvalue weighted by Crippen LogP contribution is -2.49. The average molecular weight is 383 g/mol. The highest BCUT2D eigenvalue weighted by Crippen LogP contribution is 2.35. The molecule has 5 rings (SSSR count). The fourth-order valence-corrected chi connectivity index (χ4v) is 4.37. The summed E-state index contributed by atoms with van der Waals surface area (Å²) in [4.78, 5) is 3.21. The molecule has 1 N–H and O–H groups in total. The Balaban J connectivity index is 0.000000775. The lowest BCUT2D eigenvalue weighted by molar-refractivity contribution is 1.09. The van der Waals surface area contributed by atoms with Crippen molar-refractivity contribution in [2.45, 2.75) is 20.3 Å². The smallest absolute Gasteiger partial charge is 0.115 e. The Kier molecular flexibility index (Phi) is 5.71. The molecule has 0 saturated carbocycles. The number of fused-ring (bicyclic) bond motifs is 3. The van der Waals surface area contributed by atoms with Gasteiger partial charge < -0.3 is 4.98 Å². The van der Waals surface area contributed by atoms with E-state index in [-0.39, 0.29) is 54.6 Å². The van der Waals surface area contributed by atoms with Gasteiger partial charge in [0.05, 0.1) is 0 Å². The molecule has 128 valence electrons. The van der Waals surface area contributed by atoms with Gasteiger partial charge in [0.25, 0.3) is 0 Å². The molecule has 1 aromatic heterocycles. The van der Waals surface area contributed by atoms with E-state index in [9.17, 15) is 0 Å². The van der Waals surface area contributed by atoms with Crippen LogP contribution in [0, 0.1) is 0 Å². The van der Waals surface area contributed by atoms with Crippen molar-refractivity contribution in [3.05, 3.63) is 0 Å². The van der Waals surface area contributed by atoms with E-state index >= 15 is 0 Å². The minimum absolute atomic E-state index is 0.140. The van der Waals surface area contributed by atoms with Gasteiger partial charge in [0.15, 0.2) is 0 Å². The van der Waals surface area contributed by atoms with Crippen molar-refractivity contribution in [1.82, 2.24) is 4.98 Å². The molecule has 0 unspecified atom stereocenters. The maximum Gasteiger partial charge on any atom is 0.115 e. The number of H-pyrrole nitrogens is 1. The maximum atomic E-state index is 6.39. The molecule has 20 radical (unpaired) electrons. The summed E-state index contributed by atoms with van der Waals surface area (Å²) in [5.74, 6) is 0. The van der Waals surface area contributed by atoms with Gasteiger partial charge in [0.1, 0.15) is 78.5 Å². The molecule has 32 heavy (non-hydrogen) atoms. The third kappa shape index (κ3) is 2.79. The molecule has 5 aromatic rings. The Morgan fingerprint density at radius 2 is 0.594 bits per heavy atom. The molecule has 4 aromatic carbocycles. The fourth-order valence-electron chi connectivity index (χ4n) is 4.37. The number of hydrogen-bond donors (Lipinski definition) is 1. The normalized spacial score (nSPS) is 11.6. The van der Waals surface area contributed by atoms with Crippen LogP contribution in [0.2, 0.25) is 0 Å². The number of aromatic amines is 1. The molecule has 0 bridgehead atoms. The highest BCUT2D eigenvalue weighted by Gasteiger charge is 2.24. The van der Waals surface area contributed by atoms with Crippen LogP contribution < -0.4 is 54.6 Å². The summed E-state index contributed by atoms with van der Waals surface area (Å²) in [5.41, 5.74) is 3.20. The second kappa shape index (κ2) is 7.86. The van der Waals surface area contributed by atoms with Crippen molar-refractivity contribution in [1.29, 1.82) is 0 Å². The summed E-state index contributed by atoms with van der Waals surface area (Å²) in [7, 11) is 62.7. The van der Waals surface area contributed by atoms with Gasteiger partial charge in [-0.05, 0) is 21.5 Å². The first-order valence-corrected chi connectivity index (χ1v) is 10.1. The number of rotatable bonds is 0. The Labute approximate surface area is 201 Å². The lowest BCUT2D eigenvalue weighted by atomic mass is 9.60. The van der Waals surface area contributed by atoms with Crippen LogP contribution in [0.1, 0.15) is 20.3 Å². The fraction of sp³-hybridized carbons (Fsp3) is 0.143.